The van der Waals surface area contributed by atoms with E-state index < -0.39 is 18.0 Å². The maximum atomic E-state index is 12.5. The van der Waals surface area contributed by atoms with Crippen molar-refractivity contribution in [2.75, 3.05) is 12.4 Å². The van der Waals surface area contributed by atoms with Gasteiger partial charge in [0, 0.05) is 17.1 Å². The smallest absolute Gasteiger partial charge is 0.375 e. The van der Waals surface area contributed by atoms with Gasteiger partial charge in [-0.2, -0.15) is 0 Å². The van der Waals surface area contributed by atoms with Crippen molar-refractivity contribution in [2.24, 2.45) is 0 Å². The highest BCUT2D eigenvalue weighted by atomic mass is 35.5. The number of amides is 1. The topological polar surface area (TPSA) is 90.7 Å². The van der Waals surface area contributed by atoms with Gasteiger partial charge >= 0.3 is 5.97 Å². The Labute approximate surface area is 160 Å². The summed E-state index contributed by atoms with van der Waals surface area (Å²) in [5, 5.41) is 3.45. The molecule has 1 N–H and O–H groups in total. The zero-order valence-corrected chi connectivity index (χ0v) is 15.7. The highest BCUT2D eigenvalue weighted by Gasteiger charge is 2.24. The van der Waals surface area contributed by atoms with E-state index in [1.165, 1.54) is 13.1 Å². The molecule has 8 heteroatoms. The van der Waals surface area contributed by atoms with Crippen LogP contribution in [0.1, 0.15) is 23.0 Å². The average molecular weight is 389 g/mol. The van der Waals surface area contributed by atoms with Gasteiger partial charge < -0.3 is 19.2 Å². The van der Waals surface area contributed by atoms with Crippen LogP contribution in [-0.2, 0) is 9.53 Å². The number of nitrogens with one attached hydrogen (secondary N) is 1. The molecule has 140 valence electrons. The summed E-state index contributed by atoms with van der Waals surface area (Å²) in [5.74, 6) is -0.582. The Morgan fingerprint density at radius 3 is 2.78 bits per heavy atom. The third-order valence-electron chi connectivity index (χ3n) is 4.00. The molecule has 1 amide bonds. The number of fused-ring (bicyclic) bond motifs is 1. The van der Waals surface area contributed by atoms with Gasteiger partial charge in [-0.15, -0.1) is 0 Å². The van der Waals surface area contributed by atoms with E-state index in [-0.39, 0.29) is 10.9 Å². The number of benzene rings is 1. The summed E-state index contributed by atoms with van der Waals surface area (Å²) in [6.45, 7) is 3.19. The Morgan fingerprint density at radius 1 is 1.30 bits per heavy atom. The second-order valence-corrected chi connectivity index (χ2v) is 6.15. The highest BCUT2D eigenvalue weighted by Crippen LogP contribution is 2.29. The standard InChI is InChI=1S/C19H17ClN2O5/c1-10-13-9-12(25-3)6-7-15(13)27-16(10)19(24)26-11(2)18(23)22-14-5-4-8-21-17(14)20/h4-9,11H,1-3H3,(H,22,23)/t11-/m0/s1. The van der Waals surface area contributed by atoms with Crippen molar-refractivity contribution in [2.45, 2.75) is 20.0 Å². The molecule has 0 saturated heterocycles. The molecule has 0 saturated carbocycles. The molecule has 0 radical (unpaired) electrons. The van der Waals surface area contributed by atoms with Gasteiger partial charge in [0.05, 0.1) is 12.8 Å². The molecule has 1 atom stereocenters. The predicted octanol–water partition coefficient (Wildman–Crippen LogP) is 3.98. The molecule has 3 rings (SSSR count). The third kappa shape index (κ3) is 3.88. The summed E-state index contributed by atoms with van der Waals surface area (Å²) in [5.41, 5.74) is 1.47. The number of hydrogen-bond acceptors (Lipinski definition) is 6. The first-order valence-corrected chi connectivity index (χ1v) is 8.48. The molecule has 0 aliphatic rings. The van der Waals surface area contributed by atoms with E-state index in [4.69, 9.17) is 25.5 Å². The number of anilines is 1. The van der Waals surface area contributed by atoms with Crippen LogP contribution in [0, 0.1) is 6.92 Å². The minimum Gasteiger partial charge on any atom is -0.497 e. The third-order valence-corrected chi connectivity index (χ3v) is 4.30. The predicted molar refractivity (Wildman–Crippen MR) is 100 cm³/mol. The molecular formula is C19H17ClN2O5. The van der Waals surface area contributed by atoms with Crippen molar-refractivity contribution >= 4 is 40.1 Å². The number of esters is 1. The number of nitrogens with zero attached hydrogens (tertiary/aromatic N) is 1. The normalized spacial score (nSPS) is 11.9. The summed E-state index contributed by atoms with van der Waals surface area (Å²) < 4.78 is 16.0. The average Bonchev–Trinajstić information content (AvgIpc) is 2.99. The van der Waals surface area contributed by atoms with E-state index in [1.54, 1.807) is 44.4 Å². The van der Waals surface area contributed by atoms with Crippen molar-refractivity contribution in [1.82, 2.24) is 4.98 Å². The summed E-state index contributed by atoms with van der Waals surface area (Å²) in [4.78, 5) is 28.6. The number of aryl methyl sites for hydroxylation is 1. The van der Waals surface area contributed by atoms with Crippen molar-refractivity contribution in [1.29, 1.82) is 0 Å². The van der Waals surface area contributed by atoms with Crippen LogP contribution in [0.15, 0.2) is 40.9 Å². The number of carbonyl (C=O) groups excluding carboxylic acids is 2. The Bertz CT molecular complexity index is 1010. The number of hydrogen-bond donors (Lipinski definition) is 1. The first-order valence-electron chi connectivity index (χ1n) is 8.10. The molecule has 0 bridgehead atoms. The Kier molecular flexibility index (Phi) is 5.32. The lowest BCUT2D eigenvalue weighted by Gasteiger charge is -2.13. The second kappa shape index (κ2) is 7.67. The minimum atomic E-state index is -1.06. The second-order valence-electron chi connectivity index (χ2n) is 5.80. The molecule has 0 fully saturated rings. The molecule has 0 unspecified atom stereocenters. The number of furan rings is 1. The van der Waals surface area contributed by atoms with Crippen LogP contribution in [0.4, 0.5) is 5.69 Å². The van der Waals surface area contributed by atoms with E-state index in [9.17, 15) is 9.59 Å². The lowest BCUT2D eigenvalue weighted by atomic mass is 10.1. The molecule has 2 aromatic heterocycles. The molecule has 3 aromatic rings. The van der Waals surface area contributed by atoms with Crippen molar-refractivity contribution in [3.63, 3.8) is 0 Å². The van der Waals surface area contributed by atoms with Crippen LogP contribution < -0.4 is 10.1 Å². The lowest BCUT2D eigenvalue weighted by Crippen LogP contribution is -2.30. The molecule has 2 heterocycles. The first-order chi connectivity index (χ1) is 12.9. The van der Waals surface area contributed by atoms with Crippen LogP contribution in [0.2, 0.25) is 5.15 Å². The largest absolute Gasteiger partial charge is 0.497 e. The monoisotopic (exact) mass is 388 g/mol. The van der Waals surface area contributed by atoms with Crippen LogP contribution in [-0.4, -0.2) is 30.1 Å². The highest BCUT2D eigenvalue weighted by molar-refractivity contribution is 6.32. The quantitative estimate of drug-likeness (QED) is 0.525. The molecule has 0 aliphatic heterocycles. The Morgan fingerprint density at radius 2 is 2.07 bits per heavy atom. The van der Waals surface area contributed by atoms with E-state index >= 15 is 0 Å². The van der Waals surface area contributed by atoms with Crippen LogP contribution >= 0.6 is 11.6 Å². The zero-order chi connectivity index (χ0) is 19.6. The van der Waals surface area contributed by atoms with Gasteiger partial charge in [-0.25, -0.2) is 9.78 Å². The zero-order valence-electron chi connectivity index (χ0n) is 14.9. The minimum absolute atomic E-state index is 0.0392. The maximum Gasteiger partial charge on any atom is 0.375 e. The van der Waals surface area contributed by atoms with Gasteiger partial charge in [0.25, 0.3) is 5.91 Å². The number of carbonyl (C=O) groups is 2. The van der Waals surface area contributed by atoms with Gasteiger partial charge in [0.1, 0.15) is 11.3 Å². The number of methoxy groups -OCH3 is 1. The number of rotatable bonds is 5. The van der Waals surface area contributed by atoms with Gasteiger partial charge in [0.15, 0.2) is 11.3 Å². The van der Waals surface area contributed by atoms with Crippen LogP contribution in [0.25, 0.3) is 11.0 Å². The fraction of sp³-hybridized carbons (Fsp3) is 0.211. The fourth-order valence-corrected chi connectivity index (χ4v) is 2.67. The van der Waals surface area contributed by atoms with Gasteiger partial charge in [0.2, 0.25) is 5.76 Å². The molecule has 0 spiro atoms. The Hall–Kier alpha value is -3.06. The number of aromatic nitrogens is 1. The number of halogens is 1. The SMILES string of the molecule is COc1ccc2oc(C(=O)O[C@@H](C)C(=O)Nc3cccnc3Cl)c(C)c2c1. The summed E-state index contributed by atoms with van der Waals surface area (Å²) in [7, 11) is 1.56. The first kappa shape index (κ1) is 18.7. The van der Waals surface area contributed by atoms with Gasteiger partial charge in [-0.3, -0.25) is 4.79 Å². The van der Waals surface area contributed by atoms with Gasteiger partial charge in [-0.1, -0.05) is 11.6 Å². The van der Waals surface area contributed by atoms with Crippen molar-refractivity contribution in [3.8, 4) is 5.75 Å². The van der Waals surface area contributed by atoms with Crippen molar-refractivity contribution < 1.29 is 23.5 Å². The van der Waals surface area contributed by atoms with E-state index in [0.29, 0.717) is 22.6 Å². The summed E-state index contributed by atoms with van der Waals surface area (Å²) in [6.07, 6.45) is 0.441. The maximum absolute atomic E-state index is 12.5. The van der Waals surface area contributed by atoms with Crippen molar-refractivity contribution in [3.05, 3.63) is 53.0 Å². The van der Waals surface area contributed by atoms with Crippen LogP contribution in [0.3, 0.4) is 0 Å². The van der Waals surface area contributed by atoms with E-state index in [1.807, 2.05) is 0 Å². The lowest BCUT2D eigenvalue weighted by molar-refractivity contribution is -0.123. The summed E-state index contributed by atoms with van der Waals surface area (Å²) >= 11 is 5.91. The molecule has 0 aliphatic carbocycles. The van der Waals surface area contributed by atoms with E-state index in [0.717, 1.165) is 5.39 Å². The number of ether oxygens (including phenoxy) is 2. The van der Waals surface area contributed by atoms with Crippen LogP contribution in [0.5, 0.6) is 5.75 Å². The molecular weight excluding hydrogens is 372 g/mol. The Balaban J connectivity index is 1.74. The fourth-order valence-electron chi connectivity index (χ4n) is 2.50. The van der Waals surface area contributed by atoms with E-state index in [2.05, 4.69) is 10.3 Å². The van der Waals surface area contributed by atoms with Gasteiger partial charge in [-0.05, 0) is 44.2 Å². The molecule has 1 aromatic carbocycles. The molecule has 7 nitrogen and oxygen atoms in total. The molecule has 27 heavy (non-hydrogen) atoms. The number of pyridine rings is 1. The summed E-state index contributed by atoms with van der Waals surface area (Å²) in [6, 6.07) is 8.43.